The number of hydrogen-bond acceptors (Lipinski definition) is 6. The van der Waals surface area contributed by atoms with Gasteiger partial charge < -0.3 is 20.9 Å². The van der Waals surface area contributed by atoms with Crippen molar-refractivity contribution >= 4 is 22.9 Å². The molecule has 204 valence electrons. The molecule has 1 aliphatic carbocycles. The Labute approximate surface area is 234 Å². The number of anilines is 2. The van der Waals surface area contributed by atoms with Gasteiger partial charge in [0.2, 0.25) is 0 Å². The standard InChI is InChI=1S/C34H34N2O4/c1-33(2,3)19-11-15-21(16-12-19)39-31-27(35)25-26(30(38)24-10-8-7-9-23(24)29(25)37)28(36)32(31)40-22-17-13-20(14-18-22)34(4,5)6/h7-18H,35-36H2,1-6H3. The van der Waals surface area contributed by atoms with Crippen LogP contribution in [0.2, 0.25) is 0 Å². The number of ether oxygens (including phenoxy) is 2. The van der Waals surface area contributed by atoms with E-state index in [0.717, 1.165) is 11.1 Å². The van der Waals surface area contributed by atoms with E-state index in [1.54, 1.807) is 24.3 Å². The number of rotatable bonds is 4. The Morgan fingerprint density at radius 3 is 1.15 bits per heavy atom. The van der Waals surface area contributed by atoms with E-state index in [4.69, 9.17) is 20.9 Å². The fraction of sp³-hybridized carbons (Fsp3) is 0.235. The molecule has 6 nitrogen and oxygen atoms in total. The maximum Gasteiger partial charge on any atom is 0.196 e. The molecule has 0 aromatic heterocycles. The number of benzene rings is 4. The van der Waals surface area contributed by atoms with Crippen LogP contribution in [0.1, 0.15) is 84.5 Å². The van der Waals surface area contributed by atoms with Crippen LogP contribution in [0, 0.1) is 0 Å². The number of hydrogen-bond donors (Lipinski definition) is 2. The minimum atomic E-state index is -0.386. The van der Waals surface area contributed by atoms with Gasteiger partial charge >= 0.3 is 0 Å². The van der Waals surface area contributed by atoms with Gasteiger partial charge in [-0.15, -0.1) is 0 Å². The highest BCUT2D eigenvalue weighted by atomic mass is 16.5. The summed E-state index contributed by atoms with van der Waals surface area (Å²) in [6, 6.07) is 21.9. The summed E-state index contributed by atoms with van der Waals surface area (Å²) in [5.41, 5.74) is 16.0. The summed E-state index contributed by atoms with van der Waals surface area (Å²) >= 11 is 0. The van der Waals surface area contributed by atoms with Gasteiger partial charge in [-0.3, -0.25) is 9.59 Å². The molecule has 0 aliphatic heterocycles. The average Bonchev–Trinajstić information content (AvgIpc) is 2.90. The third-order valence-corrected chi connectivity index (χ3v) is 7.24. The maximum atomic E-state index is 13.6. The molecular formula is C34H34N2O4. The molecule has 0 amide bonds. The molecule has 4 aromatic rings. The zero-order chi connectivity index (χ0) is 29.0. The van der Waals surface area contributed by atoms with Crippen LogP contribution in [0.4, 0.5) is 11.4 Å². The molecule has 0 heterocycles. The lowest BCUT2D eigenvalue weighted by Gasteiger charge is -2.25. The van der Waals surface area contributed by atoms with Crippen molar-refractivity contribution in [3.63, 3.8) is 0 Å². The molecule has 6 heteroatoms. The van der Waals surface area contributed by atoms with Crippen LogP contribution in [0.25, 0.3) is 0 Å². The molecule has 40 heavy (non-hydrogen) atoms. The first-order chi connectivity index (χ1) is 18.8. The molecule has 0 saturated carbocycles. The fourth-order valence-electron chi connectivity index (χ4n) is 4.85. The lowest BCUT2D eigenvalue weighted by molar-refractivity contribution is 0.0980. The molecule has 0 radical (unpaired) electrons. The van der Waals surface area contributed by atoms with Crippen molar-refractivity contribution in [1.29, 1.82) is 0 Å². The van der Waals surface area contributed by atoms with E-state index in [2.05, 4.69) is 41.5 Å². The summed E-state index contributed by atoms with van der Waals surface area (Å²) in [6.07, 6.45) is 0. The first-order valence-electron chi connectivity index (χ1n) is 13.3. The van der Waals surface area contributed by atoms with Crippen LogP contribution < -0.4 is 20.9 Å². The van der Waals surface area contributed by atoms with Crippen molar-refractivity contribution in [2.24, 2.45) is 0 Å². The van der Waals surface area contributed by atoms with Crippen LogP contribution in [0.3, 0.4) is 0 Å². The normalized spacial score (nSPS) is 13.1. The van der Waals surface area contributed by atoms with Crippen LogP contribution in [0.5, 0.6) is 23.0 Å². The number of ketones is 2. The second-order valence-corrected chi connectivity index (χ2v) is 12.2. The Hall–Kier alpha value is -4.58. The van der Waals surface area contributed by atoms with Gasteiger partial charge in [-0.1, -0.05) is 90.1 Å². The molecule has 1 aliphatic rings. The Morgan fingerprint density at radius 2 is 0.850 bits per heavy atom. The third kappa shape index (κ3) is 4.70. The zero-order valence-corrected chi connectivity index (χ0v) is 23.7. The molecule has 0 spiro atoms. The minimum absolute atomic E-state index is 0.00161. The van der Waals surface area contributed by atoms with Crippen molar-refractivity contribution in [3.8, 4) is 23.0 Å². The molecular weight excluding hydrogens is 500 g/mol. The average molecular weight is 535 g/mol. The Balaban J connectivity index is 1.67. The van der Waals surface area contributed by atoms with Gasteiger partial charge in [0, 0.05) is 11.1 Å². The summed E-state index contributed by atoms with van der Waals surface area (Å²) < 4.78 is 12.6. The van der Waals surface area contributed by atoms with Crippen LogP contribution >= 0.6 is 0 Å². The number of fused-ring (bicyclic) bond motifs is 2. The third-order valence-electron chi connectivity index (χ3n) is 7.24. The highest BCUT2D eigenvalue weighted by Gasteiger charge is 2.37. The zero-order valence-electron chi connectivity index (χ0n) is 23.7. The lowest BCUT2D eigenvalue weighted by atomic mass is 9.82. The minimum Gasteiger partial charge on any atom is -0.451 e. The van der Waals surface area contributed by atoms with Crippen LogP contribution in [-0.4, -0.2) is 11.6 Å². The Morgan fingerprint density at radius 1 is 0.525 bits per heavy atom. The van der Waals surface area contributed by atoms with E-state index in [0.29, 0.717) is 11.5 Å². The maximum absolute atomic E-state index is 13.6. The fourth-order valence-corrected chi connectivity index (χ4v) is 4.85. The lowest BCUT2D eigenvalue weighted by Crippen LogP contribution is -2.24. The Kier molecular flexibility index (Phi) is 6.45. The Bertz CT molecular complexity index is 1510. The van der Waals surface area contributed by atoms with Crippen LogP contribution in [-0.2, 0) is 10.8 Å². The molecule has 0 atom stereocenters. The smallest absolute Gasteiger partial charge is 0.196 e. The molecule has 0 fully saturated rings. The molecule has 0 bridgehead atoms. The van der Waals surface area contributed by atoms with Gasteiger partial charge in [0.1, 0.15) is 11.5 Å². The van der Waals surface area contributed by atoms with Gasteiger partial charge in [0.15, 0.2) is 23.1 Å². The van der Waals surface area contributed by atoms with Crippen molar-refractivity contribution in [2.45, 2.75) is 52.4 Å². The number of carbonyl (C=O) groups excluding carboxylic acids is 2. The molecule has 4 N–H and O–H groups in total. The first kappa shape index (κ1) is 27.0. The van der Waals surface area contributed by atoms with Crippen molar-refractivity contribution in [3.05, 3.63) is 106 Å². The second kappa shape index (κ2) is 9.56. The monoisotopic (exact) mass is 534 g/mol. The van der Waals surface area contributed by atoms with Crippen LogP contribution in [0.15, 0.2) is 72.8 Å². The van der Waals surface area contributed by atoms with E-state index in [1.165, 1.54) is 0 Å². The summed E-state index contributed by atoms with van der Waals surface area (Å²) in [7, 11) is 0. The van der Waals surface area contributed by atoms with E-state index < -0.39 is 0 Å². The largest absolute Gasteiger partial charge is 0.451 e. The summed E-state index contributed by atoms with van der Waals surface area (Å²) in [5.74, 6) is 0.371. The molecule has 0 unspecified atom stereocenters. The summed E-state index contributed by atoms with van der Waals surface area (Å²) in [5, 5.41) is 0. The number of carbonyl (C=O) groups is 2. The summed E-state index contributed by atoms with van der Waals surface area (Å²) in [4.78, 5) is 27.2. The van der Waals surface area contributed by atoms with Crippen molar-refractivity contribution in [1.82, 2.24) is 0 Å². The van der Waals surface area contributed by atoms with Gasteiger partial charge in [-0.2, -0.15) is 0 Å². The van der Waals surface area contributed by atoms with E-state index >= 15 is 0 Å². The van der Waals surface area contributed by atoms with E-state index in [9.17, 15) is 9.59 Å². The quantitative estimate of drug-likeness (QED) is 0.228. The van der Waals surface area contributed by atoms with E-state index in [1.807, 2.05) is 48.5 Å². The highest BCUT2D eigenvalue weighted by molar-refractivity contribution is 6.32. The van der Waals surface area contributed by atoms with Crippen molar-refractivity contribution in [2.75, 3.05) is 11.5 Å². The predicted octanol–water partition coefficient (Wildman–Crippen LogP) is 7.81. The molecule has 0 saturated heterocycles. The van der Waals surface area contributed by atoms with Gasteiger partial charge in [0.25, 0.3) is 0 Å². The highest BCUT2D eigenvalue weighted by Crippen LogP contribution is 2.50. The van der Waals surface area contributed by atoms with Gasteiger partial charge in [0.05, 0.1) is 22.5 Å². The number of nitrogens with two attached hydrogens (primary N) is 2. The molecule has 5 rings (SSSR count). The SMILES string of the molecule is CC(C)(C)c1ccc(Oc2c(N)c3c(c(N)c2Oc2ccc(C(C)(C)C)cc2)C(=O)c2ccccc2C3=O)cc1. The predicted molar refractivity (Wildman–Crippen MR) is 159 cm³/mol. The topological polar surface area (TPSA) is 105 Å². The molecule has 4 aromatic carbocycles. The van der Waals surface area contributed by atoms with Crippen molar-refractivity contribution < 1.29 is 19.1 Å². The summed E-state index contributed by atoms with van der Waals surface area (Å²) in [6.45, 7) is 12.8. The first-order valence-corrected chi connectivity index (χ1v) is 13.3. The number of nitrogen functional groups attached to an aromatic ring is 2. The second-order valence-electron chi connectivity index (χ2n) is 12.2. The van der Waals surface area contributed by atoms with E-state index in [-0.39, 0.29) is 67.5 Å². The van der Waals surface area contributed by atoms with Gasteiger partial charge in [-0.25, -0.2) is 0 Å². The van der Waals surface area contributed by atoms with Gasteiger partial charge in [-0.05, 0) is 46.2 Å².